The lowest BCUT2D eigenvalue weighted by atomic mass is 9.88. The molecule has 2 rings (SSSR count). The van der Waals surface area contributed by atoms with E-state index in [4.69, 9.17) is 18.0 Å². The molecule has 1 saturated heterocycles. The number of pyridine rings is 1. The number of nitrogens with two attached hydrogens (primary N) is 1. The number of rotatable bonds is 2. The number of hydrogen-bond donors (Lipinski definition) is 1. The van der Waals surface area contributed by atoms with Crippen LogP contribution in [0.15, 0.2) is 12.1 Å². The first kappa shape index (κ1) is 16.0. The maximum absolute atomic E-state index is 12.9. The van der Waals surface area contributed by atoms with E-state index >= 15 is 0 Å². The van der Waals surface area contributed by atoms with Crippen molar-refractivity contribution < 1.29 is 13.2 Å². The largest absolute Gasteiger partial charge is 0.433 e. The normalized spacial score (nSPS) is 23.2. The lowest BCUT2D eigenvalue weighted by molar-refractivity contribution is -0.141. The van der Waals surface area contributed by atoms with Crippen LogP contribution in [0, 0.1) is 11.8 Å². The Kier molecular flexibility index (Phi) is 4.41. The molecule has 1 fully saturated rings. The van der Waals surface area contributed by atoms with E-state index in [1.54, 1.807) is 0 Å². The van der Waals surface area contributed by atoms with Crippen LogP contribution in [0.5, 0.6) is 0 Å². The number of aromatic nitrogens is 1. The summed E-state index contributed by atoms with van der Waals surface area (Å²) in [6.07, 6.45) is -3.56. The van der Waals surface area contributed by atoms with Gasteiger partial charge in [-0.2, -0.15) is 13.2 Å². The minimum absolute atomic E-state index is 0.0671. The number of nitrogens with zero attached hydrogens (tertiary/aromatic N) is 2. The third kappa shape index (κ3) is 3.45. The molecule has 2 N–H and O–H groups in total. The van der Waals surface area contributed by atoms with E-state index in [9.17, 15) is 13.2 Å². The zero-order valence-corrected chi connectivity index (χ0v) is 12.8. The lowest BCUT2D eigenvalue weighted by Gasteiger charge is -2.37. The van der Waals surface area contributed by atoms with Crippen LogP contribution in [0.1, 0.15) is 31.5 Å². The van der Waals surface area contributed by atoms with Crippen LogP contribution in [-0.4, -0.2) is 23.1 Å². The summed E-state index contributed by atoms with van der Waals surface area (Å²) >= 11 is 4.94. The van der Waals surface area contributed by atoms with E-state index in [-0.39, 0.29) is 10.8 Å². The van der Waals surface area contributed by atoms with Gasteiger partial charge >= 0.3 is 6.18 Å². The summed E-state index contributed by atoms with van der Waals surface area (Å²) in [6, 6.07) is 2.24. The molecular formula is C14H18F3N3S. The third-order valence-corrected chi connectivity index (χ3v) is 4.28. The van der Waals surface area contributed by atoms with E-state index in [1.165, 1.54) is 6.07 Å². The average Bonchev–Trinajstić information content (AvgIpc) is 2.40. The topological polar surface area (TPSA) is 42.2 Å². The highest BCUT2D eigenvalue weighted by molar-refractivity contribution is 7.80. The van der Waals surface area contributed by atoms with Gasteiger partial charge in [-0.25, -0.2) is 4.98 Å². The average molecular weight is 317 g/mol. The van der Waals surface area contributed by atoms with Gasteiger partial charge < -0.3 is 10.6 Å². The first-order valence-corrected chi connectivity index (χ1v) is 7.24. The SMILES string of the molecule is CC1CCN(c2nc(C(F)(F)F)ccc2C(N)=S)CC1C. The molecule has 0 aliphatic carbocycles. The number of halogens is 3. The van der Waals surface area contributed by atoms with Gasteiger partial charge in [-0.3, -0.25) is 0 Å². The molecule has 0 amide bonds. The summed E-state index contributed by atoms with van der Waals surface area (Å²) < 4.78 is 38.6. The molecule has 2 unspecified atom stereocenters. The van der Waals surface area contributed by atoms with Gasteiger partial charge in [0.15, 0.2) is 0 Å². The van der Waals surface area contributed by atoms with Crippen molar-refractivity contribution in [2.45, 2.75) is 26.4 Å². The maximum atomic E-state index is 12.9. The van der Waals surface area contributed by atoms with Crippen molar-refractivity contribution >= 4 is 23.0 Å². The Bertz CT molecular complexity index is 545. The molecule has 3 nitrogen and oxygen atoms in total. The molecule has 116 valence electrons. The fraction of sp³-hybridized carbons (Fsp3) is 0.571. The quantitative estimate of drug-likeness (QED) is 0.851. The van der Waals surface area contributed by atoms with E-state index in [0.717, 1.165) is 12.5 Å². The molecule has 7 heteroatoms. The Labute approximate surface area is 127 Å². The number of thiocarbonyl (C=S) groups is 1. The molecule has 21 heavy (non-hydrogen) atoms. The Morgan fingerprint density at radius 1 is 1.33 bits per heavy atom. The molecule has 1 aromatic rings. The molecule has 0 aromatic carbocycles. The van der Waals surface area contributed by atoms with Crippen LogP contribution < -0.4 is 10.6 Å². The maximum Gasteiger partial charge on any atom is 0.433 e. The molecule has 0 bridgehead atoms. The number of hydrogen-bond acceptors (Lipinski definition) is 3. The summed E-state index contributed by atoms with van der Waals surface area (Å²) in [5.41, 5.74) is 5.12. The second-order valence-electron chi connectivity index (χ2n) is 5.62. The van der Waals surface area contributed by atoms with Gasteiger partial charge in [0.2, 0.25) is 0 Å². The minimum Gasteiger partial charge on any atom is -0.389 e. The highest BCUT2D eigenvalue weighted by Gasteiger charge is 2.34. The van der Waals surface area contributed by atoms with Crippen LogP contribution in [0.25, 0.3) is 0 Å². The predicted molar refractivity (Wildman–Crippen MR) is 80.3 cm³/mol. The fourth-order valence-corrected chi connectivity index (χ4v) is 2.65. The van der Waals surface area contributed by atoms with Crippen molar-refractivity contribution in [1.82, 2.24) is 4.98 Å². The summed E-state index contributed by atoms with van der Waals surface area (Å²) in [6.45, 7) is 5.56. The predicted octanol–water partition coefficient (Wildman–Crippen LogP) is 3.22. The Morgan fingerprint density at radius 3 is 2.52 bits per heavy atom. The van der Waals surface area contributed by atoms with Gasteiger partial charge in [-0.15, -0.1) is 0 Å². The zero-order chi connectivity index (χ0) is 15.8. The smallest absolute Gasteiger partial charge is 0.389 e. The summed E-state index contributed by atoms with van der Waals surface area (Å²) in [4.78, 5) is 5.70. The Morgan fingerprint density at radius 2 is 2.00 bits per heavy atom. The summed E-state index contributed by atoms with van der Waals surface area (Å²) in [7, 11) is 0. The number of piperidine rings is 1. The van der Waals surface area contributed by atoms with Crippen molar-refractivity contribution in [1.29, 1.82) is 0 Å². The van der Waals surface area contributed by atoms with Gasteiger partial charge in [-0.05, 0) is 30.4 Å². The first-order valence-electron chi connectivity index (χ1n) is 6.83. The summed E-state index contributed by atoms with van der Waals surface area (Å²) in [5, 5.41) is 0. The van der Waals surface area contributed by atoms with Crippen LogP contribution >= 0.6 is 12.2 Å². The Hall–Kier alpha value is -1.37. The molecule has 2 atom stereocenters. The van der Waals surface area contributed by atoms with E-state index in [2.05, 4.69) is 18.8 Å². The van der Waals surface area contributed by atoms with Crippen molar-refractivity contribution in [2.75, 3.05) is 18.0 Å². The lowest BCUT2D eigenvalue weighted by Crippen LogP contribution is -2.40. The van der Waals surface area contributed by atoms with Gasteiger partial charge in [0.25, 0.3) is 0 Å². The number of anilines is 1. The molecule has 1 aromatic heterocycles. The standard InChI is InChI=1S/C14H18F3N3S/c1-8-5-6-20(7-9(8)2)13-10(12(18)21)3-4-11(19-13)14(15,16)17/h3-4,8-9H,5-7H2,1-2H3,(H2,18,21). The van der Waals surface area contributed by atoms with Gasteiger partial charge in [-0.1, -0.05) is 26.1 Å². The van der Waals surface area contributed by atoms with Gasteiger partial charge in [0.05, 0.1) is 5.56 Å². The van der Waals surface area contributed by atoms with Crippen molar-refractivity contribution in [2.24, 2.45) is 17.6 Å². The van der Waals surface area contributed by atoms with Crippen molar-refractivity contribution in [3.05, 3.63) is 23.4 Å². The van der Waals surface area contributed by atoms with Crippen LogP contribution in [-0.2, 0) is 6.18 Å². The Balaban J connectivity index is 2.42. The van der Waals surface area contributed by atoms with Crippen LogP contribution in [0.4, 0.5) is 19.0 Å². The van der Waals surface area contributed by atoms with Crippen LogP contribution in [0.3, 0.4) is 0 Å². The minimum atomic E-state index is -4.47. The van der Waals surface area contributed by atoms with Crippen molar-refractivity contribution in [3.8, 4) is 0 Å². The third-order valence-electron chi connectivity index (χ3n) is 4.06. The summed E-state index contributed by atoms with van der Waals surface area (Å²) in [5.74, 6) is 1.17. The highest BCUT2D eigenvalue weighted by Crippen LogP contribution is 2.33. The van der Waals surface area contributed by atoms with E-state index in [1.807, 2.05) is 4.90 Å². The fourth-order valence-electron chi connectivity index (χ4n) is 2.49. The molecule has 0 saturated carbocycles. The molecular weight excluding hydrogens is 299 g/mol. The molecule has 1 aliphatic rings. The second kappa shape index (κ2) is 5.79. The second-order valence-corrected chi connectivity index (χ2v) is 6.06. The van der Waals surface area contributed by atoms with Gasteiger partial charge in [0.1, 0.15) is 16.5 Å². The molecule has 1 aliphatic heterocycles. The monoisotopic (exact) mass is 317 g/mol. The van der Waals surface area contributed by atoms with Crippen LogP contribution in [0.2, 0.25) is 0 Å². The van der Waals surface area contributed by atoms with Crippen molar-refractivity contribution in [3.63, 3.8) is 0 Å². The first-order chi connectivity index (χ1) is 9.70. The molecule has 0 spiro atoms. The van der Waals surface area contributed by atoms with E-state index in [0.29, 0.717) is 30.5 Å². The van der Waals surface area contributed by atoms with E-state index < -0.39 is 11.9 Å². The highest BCUT2D eigenvalue weighted by atomic mass is 32.1. The van der Waals surface area contributed by atoms with Gasteiger partial charge in [0, 0.05) is 13.1 Å². The molecule has 2 heterocycles. The zero-order valence-electron chi connectivity index (χ0n) is 11.9. The molecule has 0 radical (unpaired) electrons. The number of alkyl halides is 3.